The summed E-state index contributed by atoms with van der Waals surface area (Å²) < 4.78 is 0. The fraction of sp³-hybridized carbons (Fsp3) is 0.412. The SMILES string of the molecule is Cc1nnc(NC(=O)CN2C(=O)c3ccccc3NC2CC(C)C)s1. The maximum absolute atomic E-state index is 12.9. The molecule has 0 fully saturated rings. The van der Waals surface area contributed by atoms with Crippen LogP contribution in [0.15, 0.2) is 24.3 Å². The number of carbonyl (C=O) groups is 2. The molecule has 0 radical (unpaired) electrons. The van der Waals surface area contributed by atoms with Crippen molar-refractivity contribution in [3.8, 4) is 0 Å². The summed E-state index contributed by atoms with van der Waals surface area (Å²) in [6.07, 6.45) is 0.537. The van der Waals surface area contributed by atoms with Crippen LogP contribution in [0.1, 0.15) is 35.6 Å². The molecule has 3 rings (SSSR count). The number of hydrogen-bond acceptors (Lipinski definition) is 6. The highest BCUT2D eigenvalue weighted by molar-refractivity contribution is 7.15. The minimum atomic E-state index is -0.278. The minimum absolute atomic E-state index is 0.0316. The molecule has 8 heteroatoms. The number of para-hydroxylation sites is 1. The van der Waals surface area contributed by atoms with Gasteiger partial charge >= 0.3 is 0 Å². The molecule has 0 aliphatic carbocycles. The molecule has 1 atom stereocenters. The van der Waals surface area contributed by atoms with Gasteiger partial charge in [-0.2, -0.15) is 0 Å². The molecule has 1 aliphatic rings. The standard InChI is InChI=1S/C17H21N5O2S/c1-10(2)8-14-18-13-7-5-4-6-12(13)16(24)22(14)9-15(23)19-17-21-20-11(3)25-17/h4-7,10,14,18H,8-9H2,1-3H3,(H,19,21,23). The number of hydrogen-bond donors (Lipinski definition) is 2. The summed E-state index contributed by atoms with van der Waals surface area (Å²) in [4.78, 5) is 26.9. The second-order valence-electron chi connectivity index (χ2n) is 6.44. The first-order valence-corrected chi connectivity index (χ1v) is 9.02. The van der Waals surface area contributed by atoms with Crippen LogP contribution in [0.25, 0.3) is 0 Å². The molecule has 1 unspecified atom stereocenters. The Kier molecular flexibility index (Phi) is 4.98. The maximum Gasteiger partial charge on any atom is 0.258 e. The van der Waals surface area contributed by atoms with Gasteiger partial charge in [0.05, 0.1) is 5.56 Å². The largest absolute Gasteiger partial charge is 0.364 e. The lowest BCUT2D eigenvalue weighted by Crippen LogP contribution is -2.52. The van der Waals surface area contributed by atoms with Crippen LogP contribution in [0, 0.1) is 12.8 Å². The smallest absolute Gasteiger partial charge is 0.258 e. The van der Waals surface area contributed by atoms with Crippen LogP contribution in [-0.2, 0) is 4.79 Å². The Morgan fingerprint density at radius 1 is 1.36 bits per heavy atom. The third-order valence-corrected chi connectivity index (χ3v) is 4.65. The van der Waals surface area contributed by atoms with E-state index in [0.29, 0.717) is 16.6 Å². The van der Waals surface area contributed by atoms with Gasteiger partial charge in [-0.3, -0.25) is 14.9 Å². The Morgan fingerprint density at radius 2 is 2.12 bits per heavy atom. The molecule has 0 saturated carbocycles. The zero-order chi connectivity index (χ0) is 18.0. The first-order valence-electron chi connectivity index (χ1n) is 8.20. The van der Waals surface area contributed by atoms with E-state index in [1.165, 1.54) is 11.3 Å². The molecule has 0 saturated heterocycles. The van der Waals surface area contributed by atoms with Gasteiger partial charge in [0.1, 0.15) is 17.7 Å². The number of amides is 2. The van der Waals surface area contributed by atoms with Gasteiger partial charge in [0.2, 0.25) is 11.0 Å². The summed E-state index contributed by atoms with van der Waals surface area (Å²) in [6.45, 7) is 5.97. The van der Waals surface area contributed by atoms with Crippen molar-refractivity contribution in [2.75, 3.05) is 17.2 Å². The summed E-state index contributed by atoms with van der Waals surface area (Å²) in [7, 11) is 0. The zero-order valence-electron chi connectivity index (χ0n) is 14.4. The second kappa shape index (κ2) is 7.18. The number of aryl methyl sites for hydroxylation is 1. The molecule has 2 N–H and O–H groups in total. The maximum atomic E-state index is 12.9. The lowest BCUT2D eigenvalue weighted by molar-refractivity contribution is -0.117. The molecule has 132 valence electrons. The van der Waals surface area contributed by atoms with E-state index >= 15 is 0 Å². The quantitative estimate of drug-likeness (QED) is 0.857. The molecule has 2 amide bonds. The number of nitrogens with one attached hydrogen (secondary N) is 2. The van der Waals surface area contributed by atoms with Crippen LogP contribution < -0.4 is 10.6 Å². The first kappa shape index (κ1) is 17.3. The zero-order valence-corrected chi connectivity index (χ0v) is 15.3. The summed E-state index contributed by atoms with van der Waals surface area (Å²) in [6, 6.07) is 7.38. The van der Waals surface area contributed by atoms with Crippen molar-refractivity contribution in [3.05, 3.63) is 34.8 Å². The van der Waals surface area contributed by atoms with Crippen LogP contribution in [0.3, 0.4) is 0 Å². The van der Waals surface area contributed by atoms with Crippen molar-refractivity contribution in [2.45, 2.75) is 33.4 Å². The highest BCUT2D eigenvalue weighted by Crippen LogP contribution is 2.27. The first-order chi connectivity index (χ1) is 11.9. The highest BCUT2D eigenvalue weighted by atomic mass is 32.1. The van der Waals surface area contributed by atoms with Crippen LogP contribution in [0.5, 0.6) is 0 Å². The fourth-order valence-electron chi connectivity index (χ4n) is 2.82. The number of benzene rings is 1. The van der Waals surface area contributed by atoms with Crippen LogP contribution in [0.4, 0.5) is 10.8 Å². The summed E-state index contributed by atoms with van der Waals surface area (Å²) >= 11 is 1.31. The lowest BCUT2D eigenvalue weighted by atomic mass is 10.0. The van der Waals surface area contributed by atoms with Gasteiger partial charge in [-0.1, -0.05) is 37.3 Å². The van der Waals surface area contributed by atoms with Gasteiger partial charge in [0.25, 0.3) is 5.91 Å². The highest BCUT2D eigenvalue weighted by Gasteiger charge is 2.33. The normalized spacial score (nSPS) is 16.6. The fourth-order valence-corrected chi connectivity index (χ4v) is 3.43. The van der Waals surface area contributed by atoms with Gasteiger partial charge in [-0.25, -0.2) is 0 Å². The van der Waals surface area contributed by atoms with E-state index in [9.17, 15) is 9.59 Å². The molecule has 7 nitrogen and oxygen atoms in total. The Morgan fingerprint density at radius 3 is 2.80 bits per heavy atom. The van der Waals surface area contributed by atoms with Gasteiger partial charge in [-0.05, 0) is 31.4 Å². The Labute approximate surface area is 150 Å². The number of rotatable bonds is 5. The van der Waals surface area contributed by atoms with E-state index in [1.807, 2.05) is 25.1 Å². The third kappa shape index (κ3) is 3.96. The van der Waals surface area contributed by atoms with Crippen molar-refractivity contribution in [2.24, 2.45) is 5.92 Å². The number of anilines is 2. The van der Waals surface area contributed by atoms with Crippen LogP contribution >= 0.6 is 11.3 Å². The summed E-state index contributed by atoms with van der Waals surface area (Å²) in [5.74, 6) is -0.0324. The van der Waals surface area contributed by atoms with E-state index in [2.05, 4.69) is 34.7 Å². The molecule has 2 aromatic rings. The molecule has 0 bridgehead atoms. The number of fused-ring (bicyclic) bond motifs is 1. The summed E-state index contributed by atoms with van der Waals surface area (Å²) in [5.41, 5.74) is 1.40. The van der Waals surface area contributed by atoms with Gasteiger partial charge in [-0.15, -0.1) is 10.2 Å². The second-order valence-corrected chi connectivity index (χ2v) is 7.62. The van der Waals surface area contributed by atoms with E-state index < -0.39 is 0 Å². The van der Waals surface area contributed by atoms with E-state index in [4.69, 9.17) is 0 Å². The van der Waals surface area contributed by atoms with Gasteiger partial charge in [0.15, 0.2) is 0 Å². The Bertz CT molecular complexity index is 789. The summed E-state index contributed by atoms with van der Waals surface area (Å²) in [5, 5.41) is 15.1. The monoisotopic (exact) mass is 359 g/mol. The molecule has 1 aliphatic heterocycles. The average Bonchev–Trinajstić information content (AvgIpc) is 2.95. The average molecular weight is 359 g/mol. The minimum Gasteiger partial charge on any atom is -0.364 e. The topological polar surface area (TPSA) is 87.2 Å². The molecule has 1 aromatic heterocycles. The van der Waals surface area contributed by atoms with Gasteiger partial charge in [0, 0.05) is 5.69 Å². The number of carbonyl (C=O) groups excluding carboxylic acids is 2. The van der Waals surface area contributed by atoms with Gasteiger partial charge < -0.3 is 10.2 Å². The molecule has 2 heterocycles. The van der Waals surface area contributed by atoms with Crippen molar-refractivity contribution >= 4 is 34.0 Å². The Balaban J connectivity index is 1.78. The lowest BCUT2D eigenvalue weighted by Gasteiger charge is -2.38. The molecular formula is C17H21N5O2S. The predicted octanol–water partition coefficient (Wildman–Crippen LogP) is 2.73. The van der Waals surface area contributed by atoms with E-state index in [0.717, 1.165) is 17.1 Å². The van der Waals surface area contributed by atoms with Crippen molar-refractivity contribution in [1.29, 1.82) is 0 Å². The van der Waals surface area contributed by atoms with Crippen LogP contribution in [-0.4, -0.2) is 39.6 Å². The number of nitrogens with zero attached hydrogens (tertiary/aromatic N) is 3. The molecule has 1 aromatic carbocycles. The molecule has 25 heavy (non-hydrogen) atoms. The predicted molar refractivity (Wildman–Crippen MR) is 97.6 cm³/mol. The molecule has 0 spiro atoms. The third-order valence-electron chi connectivity index (χ3n) is 3.90. The molecular weight excluding hydrogens is 338 g/mol. The van der Waals surface area contributed by atoms with Crippen LogP contribution in [0.2, 0.25) is 0 Å². The van der Waals surface area contributed by atoms with E-state index in [1.54, 1.807) is 11.0 Å². The van der Waals surface area contributed by atoms with Crippen molar-refractivity contribution in [3.63, 3.8) is 0 Å². The van der Waals surface area contributed by atoms with Crippen molar-refractivity contribution in [1.82, 2.24) is 15.1 Å². The van der Waals surface area contributed by atoms with E-state index in [-0.39, 0.29) is 24.5 Å². The number of aromatic nitrogens is 2. The Hall–Kier alpha value is -2.48. The van der Waals surface area contributed by atoms with Crippen molar-refractivity contribution < 1.29 is 9.59 Å².